The first-order valence-corrected chi connectivity index (χ1v) is 6.16. The molecule has 0 spiro atoms. The van der Waals surface area contributed by atoms with Crippen LogP contribution in [0.5, 0.6) is 0 Å². The lowest BCUT2D eigenvalue weighted by molar-refractivity contribution is -0.119. The first-order chi connectivity index (χ1) is 7.66. The number of carbonyl (C=O) groups is 1. The second-order valence-corrected chi connectivity index (χ2v) is 4.83. The molecule has 0 aliphatic carbocycles. The van der Waals surface area contributed by atoms with Crippen LogP contribution in [0.3, 0.4) is 0 Å². The molecule has 0 aromatic heterocycles. The van der Waals surface area contributed by atoms with Crippen molar-refractivity contribution in [3.05, 3.63) is 29.8 Å². The van der Waals surface area contributed by atoms with Crippen LogP contribution < -0.4 is 5.32 Å². The van der Waals surface area contributed by atoms with Gasteiger partial charge in [-0.3, -0.25) is 4.79 Å². The Morgan fingerprint density at radius 3 is 2.81 bits per heavy atom. The molecule has 1 N–H and O–H groups in total. The molecule has 0 bridgehead atoms. The van der Waals surface area contributed by atoms with Gasteiger partial charge < -0.3 is 5.32 Å². The Bertz CT molecular complexity index is 405. The van der Waals surface area contributed by atoms with Crippen molar-refractivity contribution < 1.29 is 13.6 Å². The van der Waals surface area contributed by atoms with E-state index >= 15 is 0 Å². The summed E-state index contributed by atoms with van der Waals surface area (Å²) >= 11 is 1.73. The van der Waals surface area contributed by atoms with Crippen molar-refractivity contribution in [1.82, 2.24) is 0 Å². The average molecular weight is 243 g/mol. The maximum absolute atomic E-state index is 12.9. The molecular weight excluding hydrogens is 232 g/mol. The third-order valence-electron chi connectivity index (χ3n) is 2.49. The SMILES string of the molecule is O=C(Nc1ccc(F)c(F)c1)C1CCSC1. The second-order valence-electron chi connectivity index (χ2n) is 3.68. The molecule has 1 unspecified atom stereocenters. The Labute approximate surface area is 96.4 Å². The van der Waals surface area contributed by atoms with Crippen molar-refractivity contribution in [1.29, 1.82) is 0 Å². The van der Waals surface area contributed by atoms with Gasteiger partial charge in [-0.05, 0) is 24.3 Å². The normalized spacial score (nSPS) is 19.8. The Kier molecular flexibility index (Phi) is 3.43. The Morgan fingerprint density at radius 2 is 2.19 bits per heavy atom. The smallest absolute Gasteiger partial charge is 0.228 e. The minimum absolute atomic E-state index is 0.0156. The zero-order chi connectivity index (χ0) is 11.5. The number of amides is 1. The average Bonchev–Trinajstić information content (AvgIpc) is 2.77. The molecule has 1 aliphatic heterocycles. The number of rotatable bonds is 2. The number of carbonyl (C=O) groups excluding carboxylic acids is 1. The summed E-state index contributed by atoms with van der Waals surface area (Å²) in [5.74, 6) is -0.201. The highest BCUT2D eigenvalue weighted by Gasteiger charge is 2.23. The largest absolute Gasteiger partial charge is 0.326 e. The van der Waals surface area contributed by atoms with Gasteiger partial charge >= 0.3 is 0 Å². The summed E-state index contributed by atoms with van der Waals surface area (Å²) < 4.78 is 25.5. The van der Waals surface area contributed by atoms with Crippen molar-refractivity contribution >= 4 is 23.4 Å². The highest BCUT2D eigenvalue weighted by atomic mass is 32.2. The van der Waals surface area contributed by atoms with Gasteiger partial charge in [0.15, 0.2) is 11.6 Å². The zero-order valence-corrected chi connectivity index (χ0v) is 9.32. The lowest BCUT2D eigenvalue weighted by Gasteiger charge is -2.09. The van der Waals surface area contributed by atoms with E-state index in [9.17, 15) is 13.6 Å². The van der Waals surface area contributed by atoms with E-state index in [1.54, 1.807) is 11.8 Å². The van der Waals surface area contributed by atoms with Gasteiger partial charge in [-0.1, -0.05) is 0 Å². The standard InChI is InChI=1S/C11H11F2NOS/c12-9-2-1-8(5-10(9)13)14-11(15)7-3-4-16-6-7/h1-2,5,7H,3-4,6H2,(H,14,15). The van der Waals surface area contributed by atoms with Crippen molar-refractivity contribution in [2.45, 2.75) is 6.42 Å². The van der Waals surface area contributed by atoms with Gasteiger partial charge in [-0.25, -0.2) is 8.78 Å². The van der Waals surface area contributed by atoms with Crippen LogP contribution >= 0.6 is 11.8 Å². The molecule has 1 fully saturated rings. The number of anilines is 1. The number of hydrogen-bond donors (Lipinski definition) is 1. The van der Waals surface area contributed by atoms with Crippen molar-refractivity contribution in [3.8, 4) is 0 Å². The monoisotopic (exact) mass is 243 g/mol. The fraction of sp³-hybridized carbons (Fsp3) is 0.364. The highest BCUT2D eigenvalue weighted by Crippen LogP contribution is 2.24. The molecule has 1 amide bonds. The maximum Gasteiger partial charge on any atom is 0.228 e. The number of thioether (sulfide) groups is 1. The van der Waals surface area contributed by atoms with Gasteiger partial charge in [0.05, 0.1) is 0 Å². The Balaban J connectivity index is 2.02. The van der Waals surface area contributed by atoms with Gasteiger partial charge in [-0.2, -0.15) is 11.8 Å². The van der Waals surface area contributed by atoms with Crippen LogP contribution in [0.2, 0.25) is 0 Å². The van der Waals surface area contributed by atoms with Gasteiger partial charge in [0.25, 0.3) is 0 Å². The lowest BCUT2D eigenvalue weighted by atomic mass is 10.1. The third kappa shape index (κ3) is 2.52. The van der Waals surface area contributed by atoms with E-state index in [-0.39, 0.29) is 11.8 Å². The first-order valence-electron chi connectivity index (χ1n) is 5.00. The lowest BCUT2D eigenvalue weighted by Crippen LogP contribution is -2.22. The summed E-state index contributed by atoms with van der Waals surface area (Å²) in [7, 11) is 0. The number of hydrogen-bond acceptors (Lipinski definition) is 2. The summed E-state index contributed by atoms with van der Waals surface area (Å²) in [6.45, 7) is 0. The van der Waals surface area contributed by atoms with E-state index in [2.05, 4.69) is 5.32 Å². The summed E-state index contributed by atoms with van der Waals surface area (Å²) in [6.07, 6.45) is 0.847. The fourth-order valence-corrected chi connectivity index (χ4v) is 2.78. The topological polar surface area (TPSA) is 29.1 Å². The predicted molar refractivity (Wildman–Crippen MR) is 60.4 cm³/mol. The van der Waals surface area contributed by atoms with Crippen LogP contribution in [-0.2, 0) is 4.79 Å². The molecule has 0 saturated carbocycles. The molecule has 5 heteroatoms. The van der Waals surface area contributed by atoms with E-state index < -0.39 is 11.6 Å². The van der Waals surface area contributed by atoms with E-state index in [4.69, 9.17) is 0 Å². The molecule has 86 valence electrons. The fourth-order valence-electron chi connectivity index (χ4n) is 1.56. The molecule has 0 radical (unpaired) electrons. The van der Waals surface area contributed by atoms with Crippen LogP contribution in [0.15, 0.2) is 18.2 Å². The summed E-state index contributed by atoms with van der Waals surface area (Å²) in [4.78, 5) is 11.7. The molecular formula is C11H11F2NOS. The predicted octanol–water partition coefficient (Wildman–Crippen LogP) is 2.66. The van der Waals surface area contributed by atoms with Crippen LogP contribution in [0.1, 0.15) is 6.42 Å². The van der Waals surface area contributed by atoms with E-state index in [1.165, 1.54) is 6.07 Å². The minimum atomic E-state index is -0.946. The first kappa shape index (κ1) is 11.4. The molecule has 2 rings (SSSR count). The van der Waals surface area contributed by atoms with Crippen LogP contribution in [0.4, 0.5) is 14.5 Å². The molecule has 1 saturated heterocycles. The number of nitrogens with one attached hydrogen (secondary N) is 1. The molecule has 1 aliphatic rings. The van der Waals surface area contributed by atoms with Gasteiger partial charge in [0.1, 0.15) is 0 Å². The van der Waals surface area contributed by atoms with Gasteiger partial charge in [0.2, 0.25) is 5.91 Å². The quantitative estimate of drug-likeness (QED) is 0.865. The summed E-state index contributed by atoms with van der Waals surface area (Å²) in [6, 6.07) is 3.36. The van der Waals surface area contributed by atoms with Crippen LogP contribution in [0.25, 0.3) is 0 Å². The minimum Gasteiger partial charge on any atom is -0.326 e. The molecule has 1 aromatic carbocycles. The van der Waals surface area contributed by atoms with E-state index in [1.807, 2.05) is 0 Å². The van der Waals surface area contributed by atoms with Crippen molar-refractivity contribution in [2.24, 2.45) is 5.92 Å². The Morgan fingerprint density at radius 1 is 1.38 bits per heavy atom. The van der Waals surface area contributed by atoms with Gasteiger partial charge in [-0.15, -0.1) is 0 Å². The second kappa shape index (κ2) is 4.82. The third-order valence-corrected chi connectivity index (χ3v) is 3.65. The molecule has 1 atom stereocenters. The molecule has 1 aromatic rings. The zero-order valence-electron chi connectivity index (χ0n) is 8.50. The van der Waals surface area contributed by atoms with E-state index in [0.717, 1.165) is 30.1 Å². The number of benzene rings is 1. The molecule has 1 heterocycles. The van der Waals surface area contributed by atoms with Crippen molar-refractivity contribution in [3.63, 3.8) is 0 Å². The Hall–Kier alpha value is -1.10. The summed E-state index contributed by atoms with van der Waals surface area (Å²) in [5.41, 5.74) is 0.306. The molecule has 16 heavy (non-hydrogen) atoms. The van der Waals surface area contributed by atoms with Crippen LogP contribution in [-0.4, -0.2) is 17.4 Å². The maximum atomic E-state index is 12.9. The summed E-state index contributed by atoms with van der Waals surface area (Å²) in [5, 5.41) is 2.59. The highest BCUT2D eigenvalue weighted by molar-refractivity contribution is 7.99. The van der Waals surface area contributed by atoms with Crippen LogP contribution in [0, 0.1) is 17.6 Å². The number of halogens is 2. The van der Waals surface area contributed by atoms with Crippen molar-refractivity contribution in [2.75, 3.05) is 16.8 Å². The molecule has 2 nitrogen and oxygen atoms in total. The van der Waals surface area contributed by atoms with E-state index in [0.29, 0.717) is 5.69 Å². The van der Waals surface area contributed by atoms with Gasteiger partial charge in [0, 0.05) is 23.4 Å².